The van der Waals surface area contributed by atoms with Crippen molar-refractivity contribution in [2.45, 2.75) is 24.7 Å². The van der Waals surface area contributed by atoms with Crippen molar-refractivity contribution in [3.05, 3.63) is 29.3 Å². The van der Waals surface area contributed by atoms with Crippen molar-refractivity contribution in [3.63, 3.8) is 0 Å². The van der Waals surface area contributed by atoms with Gasteiger partial charge >= 0.3 is 0 Å². The molecule has 0 aromatic heterocycles. The number of amides is 1. The van der Waals surface area contributed by atoms with Crippen molar-refractivity contribution in [1.29, 1.82) is 0 Å². The van der Waals surface area contributed by atoms with Crippen molar-refractivity contribution in [1.82, 2.24) is 9.21 Å². The summed E-state index contributed by atoms with van der Waals surface area (Å²) in [5.74, 6) is 0.942. The summed E-state index contributed by atoms with van der Waals surface area (Å²) in [6, 6.07) is 4.78. The minimum Gasteiger partial charge on any atom is -0.381 e. The van der Waals surface area contributed by atoms with E-state index in [-0.39, 0.29) is 10.8 Å². The van der Waals surface area contributed by atoms with Crippen LogP contribution >= 0.6 is 0 Å². The van der Waals surface area contributed by atoms with Crippen molar-refractivity contribution < 1.29 is 17.9 Å². The summed E-state index contributed by atoms with van der Waals surface area (Å²) in [6.07, 6.45) is 2.07. The first-order valence-electron chi connectivity index (χ1n) is 8.71. The second-order valence-electron chi connectivity index (χ2n) is 7.19. The quantitative estimate of drug-likeness (QED) is 0.817. The van der Waals surface area contributed by atoms with Crippen molar-refractivity contribution in [3.8, 4) is 0 Å². The van der Waals surface area contributed by atoms with Crippen LogP contribution in [0, 0.1) is 18.8 Å². The number of benzene rings is 1. The highest BCUT2D eigenvalue weighted by Crippen LogP contribution is 2.31. The third-order valence-corrected chi connectivity index (χ3v) is 7.17. The van der Waals surface area contributed by atoms with Crippen molar-refractivity contribution in [2.75, 3.05) is 40.4 Å². The van der Waals surface area contributed by atoms with Crippen LogP contribution < -0.4 is 0 Å². The summed E-state index contributed by atoms with van der Waals surface area (Å²) < 4.78 is 31.5. The highest BCUT2D eigenvalue weighted by Gasteiger charge is 2.34. The summed E-state index contributed by atoms with van der Waals surface area (Å²) in [4.78, 5) is 15.0. The van der Waals surface area contributed by atoms with E-state index < -0.39 is 10.0 Å². The second kappa shape index (κ2) is 7.05. The number of hydrogen-bond acceptors (Lipinski definition) is 4. The monoisotopic (exact) mass is 366 g/mol. The van der Waals surface area contributed by atoms with Crippen LogP contribution in [0.4, 0.5) is 0 Å². The zero-order valence-corrected chi connectivity index (χ0v) is 15.9. The van der Waals surface area contributed by atoms with Gasteiger partial charge in [-0.1, -0.05) is 6.07 Å². The SMILES string of the molecule is Cc1ccc(S(=O)(=O)N(C)C)cc1C(=O)N1CCC2CCOCC2C1. The summed E-state index contributed by atoms with van der Waals surface area (Å²) >= 11 is 0. The van der Waals surface area contributed by atoms with Gasteiger partial charge in [0.15, 0.2) is 0 Å². The Morgan fingerprint density at radius 2 is 2.00 bits per heavy atom. The molecular weight excluding hydrogens is 340 g/mol. The first-order valence-corrected chi connectivity index (χ1v) is 10.1. The Labute approximate surface area is 149 Å². The van der Waals surface area contributed by atoms with Gasteiger partial charge in [0.25, 0.3) is 5.91 Å². The lowest BCUT2D eigenvalue weighted by atomic mass is 9.82. The number of fused-ring (bicyclic) bond motifs is 1. The van der Waals surface area contributed by atoms with Gasteiger partial charge in [0.05, 0.1) is 11.5 Å². The van der Waals surface area contributed by atoms with E-state index in [2.05, 4.69) is 0 Å². The highest BCUT2D eigenvalue weighted by atomic mass is 32.2. The van der Waals surface area contributed by atoms with E-state index in [1.165, 1.54) is 20.2 Å². The third-order valence-electron chi connectivity index (χ3n) is 5.36. The van der Waals surface area contributed by atoms with E-state index in [0.717, 1.165) is 35.9 Å². The molecule has 0 radical (unpaired) electrons. The Morgan fingerprint density at radius 3 is 2.72 bits per heavy atom. The molecule has 1 aromatic rings. The Hall–Kier alpha value is -1.44. The molecule has 2 saturated heterocycles. The van der Waals surface area contributed by atoms with E-state index in [9.17, 15) is 13.2 Å². The Kier molecular flexibility index (Phi) is 5.18. The van der Waals surface area contributed by atoms with E-state index >= 15 is 0 Å². The molecule has 6 nitrogen and oxygen atoms in total. The predicted molar refractivity (Wildman–Crippen MR) is 95.0 cm³/mol. The number of nitrogens with zero attached hydrogens (tertiary/aromatic N) is 2. The normalized spacial score (nSPS) is 24.2. The minimum atomic E-state index is -3.56. The van der Waals surface area contributed by atoms with Crippen molar-refractivity contribution in [2.24, 2.45) is 11.8 Å². The predicted octanol–water partition coefficient (Wildman–Crippen LogP) is 1.74. The molecule has 0 spiro atoms. The fourth-order valence-corrected chi connectivity index (χ4v) is 4.61. The molecule has 2 unspecified atom stereocenters. The van der Waals surface area contributed by atoms with Gasteiger partial charge in [-0.05, 0) is 43.4 Å². The van der Waals surface area contributed by atoms with E-state index in [1.807, 2.05) is 11.8 Å². The molecule has 1 amide bonds. The fourth-order valence-electron chi connectivity index (χ4n) is 3.68. The van der Waals surface area contributed by atoms with Crippen LogP contribution in [0.25, 0.3) is 0 Å². The van der Waals surface area contributed by atoms with Gasteiger partial charge in [-0.25, -0.2) is 12.7 Å². The standard InChI is InChI=1S/C18H26N2O4S/c1-13-4-5-16(25(22,23)19(2)3)10-17(13)18(21)20-8-6-14-7-9-24-12-15(14)11-20/h4-5,10,14-15H,6-9,11-12H2,1-3H3. The molecule has 2 aliphatic rings. The molecule has 0 aliphatic carbocycles. The van der Waals surface area contributed by atoms with Crippen LogP contribution in [0.15, 0.2) is 23.1 Å². The van der Waals surface area contributed by atoms with Crippen LogP contribution in [0.5, 0.6) is 0 Å². The smallest absolute Gasteiger partial charge is 0.254 e. The van der Waals surface area contributed by atoms with Crippen LogP contribution in [0.2, 0.25) is 0 Å². The molecule has 25 heavy (non-hydrogen) atoms. The molecule has 0 N–H and O–H groups in total. The summed E-state index contributed by atoms with van der Waals surface area (Å²) in [5, 5.41) is 0. The summed E-state index contributed by atoms with van der Waals surface area (Å²) in [5.41, 5.74) is 1.27. The molecule has 3 rings (SSSR count). The molecule has 2 fully saturated rings. The Balaban J connectivity index is 1.85. The Morgan fingerprint density at radius 1 is 1.24 bits per heavy atom. The highest BCUT2D eigenvalue weighted by molar-refractivity contribution is 7.89. The molecular formula is C18H26N2O4S. The fraction of sp³-hybridized carbons (Fsp3) is 0.611. The maximum atomic E-state index is 13.0. The van der Waals surface area contributed by atoms with Gasteiger partial charge in [0, 0.05) is 45.3 Å². The lowest BCUT2D eigenvalue weighted by molar-refractivity contribution is -0.0200. The lowest BCUT2D eigenvalue weighted by Gasteiger charge is -2.41. The zero-order chi connectivity index (χ0) is 18.2. The topological polar surface area (TPSA) is 66.9 Å². The average molecular weight is 366 g/mol. The number of rotatable bonds is 3. The van der Waals surface area contributed by atoms with Gasteiger partial charge in [-0.2, -0.15) is 0 Å². The van der Waals surface area contributed by atoms with Crippen LogP contribution in [-0.2, 0) is 14.8 Å². The number of likely N-dealkylation sites (tertiary alicyclic amines) is 1. The van der Waals surface area contributed by atoms with Gasteiger partial charge < -0.3 is 9.64 Å². The molecule has 1 aromatic carbocycles. The number of carbonyl (C=O) groups excluding carboxylic acids is 1. The first-order chi connectivity index (χ1) is 11.8. The number of ether oxygens (including phenoxy) is 1. The molecule has 2 heterocycles. The molecule has 7 heteroatoms. The molecule has 2 aliphatic heterocycles. The summed E-state index contributed by atoms with van der Waals surface area (Å²) in [6.45, 7) is 4.79. The molecule has 138 valence electrons. The lowest BCUT2D eigenvalue weighted by Crippen LogP contribution is -2.47. The maximum absolute atomic E-state index is 13.0. The van der Waals surface area contributed by atoms with Gasteiger partial charge in [0.2, 0.25) is 10.0 Å². The van der Waals surface area contributed by atoms with Gasteiger partial charge in [0.1, 0.15) is 0 Å². The average Bonchev–Trinajstić information content (AvgIpc) is 2.60. The number of aryl methyl sites for hydroxylation is 1. The molecule has 0 bridgehead atoms. The number of carbonyl (C=O) groups is 1. The maximum Gasteiger partial charge on any atom is 0.254 e. The first kappa shape index (κ1) is 18.4. The molecule has 2 atom stereocenters. The molecule has 0 saturated carbocycles. The van der Waals surface area contributed by atoms with E-state index in [0.29, 0.717) is 30.6 Å². The minimum absolute atomic E-state index is 0.0858. The van der Waals surface area contributed by atoms with Crippen molar-refractivity contribution >= 4 is 15.9 Å². The van der Waals surface area contributed by atoms with E-state index in [1.54, 1.807) is 12.1 Å². The Bertz CT molecular complexity index is 760. The third kappa shape index (κ3) is 3.59. The number of piperidine rings is 1. The zero-order valence-electron chi connectivity index (χ0n) is 15.1. The van der Waals surface area contributed by atoms with Crippen LogP contribution in [-0.4, -0.2) is 63.9 Å². The number of hydrogen-bond donors (Lipinski definition) is 0. The van der Waals surface area contributed by atoms with Crippen LogP contribution in [0.1, 0.15) is 28.8 Å². The van der Waals surface area contributed by atoms with Gasteiger partial charge in [-0.15, -0.1) is 0 Å². The largest absolute Gasteiger partial charge is 0.381 e. The number of sulfonamides is 1. The van der Waals surface area contributed by atoms with E-state index in [4.69, 9.17) is 4.74 Å². The second-order valence-corrected chi connectivity index (χ2v) is 9.34. The van der Waals surface area contributed by atoms with Crippen LogP contribution in [0.3, 0.4) is 0 Å². The summed E-state index contributed by atoms with van der Waals surface area (Å²) in [7, 11) is -0.576. The van der Waals surface area contributed by atoms with Gasteiger partial charge in [-0.3, -0.25) is 4.79 Å².